The summed E-state index contributed by atoms with van der Waals surface area (Å²) in [7, 11) is 0. The Bertz CT molecular complexity index is 199. The molecular formula is C15H28O2. The topological polar surface area (TPSA) is 29.5 Å². The molecule has 1 heterocycles. The lowest BCUT2D eigenvalue weighted by atomic mass is 9.83. The Morgan fingerprint density at radius 1 is 0.882 bits per heavy atom. The Balaban J connectivity index is 1.50. The van der Waals surface area contributed by atoms with E-state index in [4.69, 9.17) is 4.74 Å². The van der Waals surface area contributed by atoms with Crippen molar-refractivity contribution < 1.29 is 9.84 Å². The number of unbranched alkanes of at least 4 members (excludes halogenated alkanes) is 1. The lowest BCUT2D eigenvalue weighted by Crippen LogP contribution is -2.19. The first kappa shape index (κ1) is 13.4. The lowest BCUT2D eigenvalue weighted by Gasteiger charge is -2.26. The number of hydrogen-bond acceptors (Lipinski definition) is 2. The van der Waals surface area contributed by atoms with E-state index in [2.05, 4.69) is 0 Å². The van der Waals surface area contributed by atoms with Crippen molar-refractivity contribution in [3.8, 4) is 0 Å². The molecule has 2 unspecified atom stereocenters. The monoisotopic (exact) mass is 240 g/mol. The van der Waals surface area contributed by atoms with Crippen LogP contribution < -0.4 is 0 Å². The van der Waals surface area contributed by atoms with Crippen molar-refractivity contribution in [1.82, 2.24) is 0 Å². The fourth-order valence-electron chi connectivity index (χ4n) is 3.43. The summed E-state index contributed by atoms with van der Waals surface area (Å²) < 4.78 is 5.39. The highest BCUT2D eigenvalue weighted by Gasteiger charge is 2.20. The van der Waals surface area contributed by atoms with Gasteiger partial charge in [0.15, 0.2) is 0 Å². The van der Waals surface area contributed by atoms with Gasteiger partial charge in [-0.1, -0.05) is 38.5 Å². The maximum absolute atomic E-state index is 9.63. The van der Waals surface area contributed by atoms with Crippen LogP contribution in [-0.2, 0) is 4.74 Å². The third-order valence-corrected chi connectivity index (χ3v) is 4.57. The number of ether oxygens (including phenoxy) is 1. The van der Waals surface area contributed by atoms with Gasteiger partial charge in [-0.2, -0.15) is 0 Å². The second kappa shape index (κ2) is 7.38. The smallest absolute Gasteiger partial charge is 0.0542 e. The average Bonchev–Trinajstić information content (AvgIpc) is 2.36. The third kappa shape index (κ3) is 4.97. The summed E-state index contributed by atoms with van der Waals surface area (Å²) in [5.74, 6) is 1.74. The van der Waals surface area contributed by atoms with E-state index in [1.165, 1.54) is 51.4 Å². The van der Waals surface area contributed by atoms with Crippen molar-refractivity contribution >= 4 is 0 Å². The minimum atomic E-state index is 0.00393. The fraction of sp³-hybridized carbons (Fsp3) is 1.00. The summed E-state index contributed by atoms with van der Waals surface area (Å²) in [6.45, 7) is 1.97. The molecule has 2 fully saturated rings. The fourth-order valence-corrected chi connectivity index (χ4v) is 3.43. The van der Waals surface area contributed by atoms with Gasteiger partial charge in [0.1, 0.15) is 0 Å². The molecule has 1 N–H and O–H groups in total. The van der Waals surface area contributed by atoms with Crippen LogP contribution in [0.3, 0.4) is 0 Å². The summed E-state index contributed by atoms with van der Waals surface area (Å²) in [5, 5.41) is 9.63. The van der Waals surface area contributed by atoms with Gasteiger partial charge in [-0.3, -0.25) is 0 Å². The molecule has 2 atom stereocenters. The minimum Gasteiger partial charge on any atom is -0.393 e. The van der Waals surface area contributed by atoms with Crippen LogP contribution in [0.25, 0.3) is 0 Å². The van der Waals surface area contributed by atoms with Crippen LogP contribution in [0.5, 0.6) is 0 Å². The minimum absolute atomic E-state index is 0.00393. The molecule has 100 valence electrons. The van der Waals surface area contributed by atoms with Crippen LogP contribution >= 0.6 is 0 Å². The average molecular weight is 240 g/mol. The summed E-state index contributed by atoms with van der Waals surface area (Å²) in [6, 6.07) is 0. The van der Waals surface area contributed by atoms with Gasteiger partial charge in [-0.15, -0.1) is 0 Å². The number of aliphatic hydroxyl groups is 1. The molecule has 0 aromatic rings. The van der Waals surface area contributed by atoms with Crippen LogP contribution in [0.2, 0.25) is 0 Å². The van der Waals surface area contributed by atoms with Gasteiger partial charge in [0.2, 0.25) is 0 Å². The number of hydrogen-bond donors (Lipinski definition) is 1. The van der Waals surface area contributed by atoms with Crippen molar-refractivity contribution in [2.75, 3.05) is 13.2 Å². The second-order valence-corrected chi connectivity index (χ2v) is 6.03. The van der Waals surface area contributed by atoms with Gasteiger partial charge in [-0.05, 0) is 37.5 Å². The van der Waals surface area contributed by atoms with E-state index in [9.17, 15) is 5.11 Å². The van der Waals surface area contributed by atoms with Gasteiger partial charge >= 0.3 is 0 Å². The van der Waals surface area contributed by atoms with E-state index in [1.54, 1.807) is 0 Å². The molecule has 2 nitrogen and oxygen atoms in total. The molecule has 0 spiro atoms. The Kier molecular flexibility index (Phi) is 5.79. The van der Waals surface area contributed by atoms with Crippen LogP contribution in [0, 0.1) is 11.8 Å². The van der Waals surface area contributed by atoms with Crippen molar-refractivity contribution in [3.05, 3.63) is 0 Å². The standard InChI is InChI=1S/C15H28O2/c16-15-7-3-6-14(12-15)5-2-1-4-13-8-10-17-11-9-13/h13-16H,1-12H2. The molecule has 17 heavy (non-hydrogen) atoms. The second-order valence-electron chi connectivity index (χ2n) is 6.03. The Morgan fingerprint density at radius 2 is 1.59 bits per heavy atom. The normalized spacial score (nSPS) is 31.6. The number of aliphatic hydroxyl groups excluding tert-OH is 1. The third-order valence-electron chi connectivity index (χ3n) is 4.57. The molecule has 0 aromatic heterocycles. The zero-order valence-electron chi connectivity index (χ0n) is 11.1. The maximum Gasteiger partial charge on any atom is 0.0542 e. The Hall–Kier alpha value is -0.0800. The van der Waals surface area contributed by atoms with Crippen LogP contribution in [0.15, 0.2) is 0 Å². The molecule has 0 radical (unpaired) electrons. The van der Waals surface area contributed by atoms with E-state index < -0.39 is 0 Å². The lowest BCUT2D eigenvalue weighted by molar-refractivity contribution is 0.0625. The Labute approximate surface area is 106 Å². The molecule has 0 amide bonds. The van der Waals surface area contributed by atoms with Gasteiger partial charge in [0.05, 0.1) is 6.10 Å². The van der Waals surface area contributed by atoms with E-state index in [0.29, 0.717) is 0 Å². The first-order valence-electron chi connectivity index (χ1n) is 7.60. The maximum atomic E-state index is 9.63. The van der Waals surface area contributed by atoms with Gasteiger partial charge in [0.25, 0.3) is 0 Å². The van der Waals surface area contributed by atoms with Crippen molar-refractivity contribution in [2.24, 2.45) is 11.8 Å². The highest BCUT2D eigenvalue weighted by atomic mass is 16.5. The quantitative estimate of drug-likeness (QED) is 0.745. The first-order valence-corrected chi connectivity index (χ1v) is 7.60. The SMILES string of the molecule is OC1CCCC(CCCCC2CCOCC2)C1. The summed E-state index contributed by atoms with van der Waals surface area (Å²) in [6.07, 6.45) is 12.8. The molecule has 2 aliphatic rings. The predicted octanol–water partition coefficient (Wildman–Crippen LogP) is 3.52. The summed E-state index contributed by atoms with van der Waals surface area (Å²) in [4.78, 5) is 0. The Morgan fingerprint density at radius 3 is 2.29 bits per heavy atom. The molecule has 2 rings (SSSR count). The van der Waals surface area contributed by atoms with Crippen molar-refractivity contribution in [2.45, 2.75) is 70.3 Å². The van der Waals surface area contributed by atoms with E-state index in [0.717, 1.165) is 37.9 Å². The van der Waals surface area contributed by atoms with E-state index >= 15 is 0 Å². The highest BCUT2D eigenvalue weighted by molar-refractivity contribution is 4.72. The largest absolute Gasteiger partial charge is 0.393 e. The van der Waals surface area contributed by atoms with Crippen LogP contribution in [-0.4, -0.2) is 24.4 Å². The summed E-state index contributed by atoms with van der Waals surface area (Å²) >= 11 is 0. The molecule has 1 saturated heterocycles. The molecule has 1 aliphatic heterocycles. The van der Waals surface area contributed by atoms with Gasteiger partial charge in [0, 0.05) is 13.2 Å². The van der Waals surface area contributed by atoms with Crippen molar-refractivity contribution in [1.29, 1.82) is 0 Å². The van der Waals surface area contributed by atoms with Crippen LogP contribution in [0.1, 0.15) is 64.2 Å². The first-order chi connectivity index (χ1) is 8.34. The molecular weight excluding hydrogens is 212 g/mol. The zero-order valence-corrected chi connectivity index (χ0v) is 11.1. The predicted molar refractivity (Wildman–Crippen MR) is 70.0 cm³/mol. The molecule has 1 saturated carbocycles. The van der Waals surface area contributed by atoms with Gasteiger partial charge in [-0.25, -0.2) is 0 Å². The van der Waals surface area contributed by atoms with E-state index in [1.807, 2.05) is 0 Å². The summed E-state index contributed by atoms with van der Waals surface area (Å²) in [5.41, 5.74) is 0. The molecule has 1 aliphatic carbocycles. The number of rotatable bonds is 5. The zero-order chi connectivity index (χ0) is 11.9. The van der Waals surface area contributed by atoms with Gasteiger partial charge < -0.3 is 9.84 Å². The van der Waals surface area contributed by atoms with Crippen molar-refractivity contribution in [3.63, 3.8) is 0 Å². The van der Waals surface area contributed by atoms with E-state index in [-0.39, 0.29) is 6.10 Å². The molecule has 0 aromatic carbocycles. The molecule has 0 bridgehead atoms. The highest BCUT2D eigenvalue weighted by Crippen LogP contribution is 2.29. The van der Waals surface area contributed by atoms with Crippen LogP contribution in [0.4, 0.5) is 0 Å². The molecule has 2 heteroatoms.